The van der Waals surface area contributed by atoms with E-state index >= 15 is 0 Å². The van der Waals surface area contributed by atoms with Crippen LogP contribution in [-0.2, 0) is 9.53 Å². The maximum Gasteiger partial charge on any atom is 0.136 e. The lowest BCUT2D eigenvalue weighted by atomic mass is 9.50. The first kappa shape index (κ1) is 12.6. The molecule has 0 bridgehead atoms. The van der Waals surface area contributed by atoms with Crippen molar-refractivity contribution >= 4 is 5.78 Å². The summed E-state index contributed by atoms with van der Waals surface area (Å²) >= 11 is 0. The van der Waals surface area contributed by atoms with Gasteiger partial charge in [0.25, 0.3) is 0 Å². The second-order valence-electron chi connectivity index (χ2n) is 7.31. The summed E-state index contributed by atoms with van der Waals surface area (Å²) in [5, 5.41) is 10.9. The summed E-state index contributed by atoms with van der Waals surface area (Å²) in [6.45, 7) is 7.35. The van der Waals surface area contributed by atoms with Gasteiger partial charge < -0.3 is 9.84 Å². The van der Waals surface area contributed by atoms with Crippen molar-refractivity contribution in [3.8, 4) is 0 Å². The van der Waals surface area contributed by atoms with Crippen LogP contribution in [-0.4, -0.2) is 28.7 Å². The predicted molar refractivity (Wildman–Crippen MR) is 68.2 cm³/mol. The maximum absolute atomic E-state index is 11.8. The third-order valence-corrected chi connectivity index (χ3v) is 6.21. The number of carbonyl (C=O) groups excluding carboxylic acids is 1. The van der Waals surface area contributed by atoms with E-state index in [1.165, 1.54) is 0 Å². The Hall–Kier alpha value is -0.410. The molecule has 102 valence electrons. The highest BCUT2D eigenvalue weighted by Gasteiger charge is 2.61. The topological polar surface area (TPSA) is 49.8 Å². The molecule has 0 aromatic carbocycles. The fourth-order valence-corrected chi connectivity index (χ4v) is 4.29. The van der Waals surface area contributed by atoms with Crippen LogP contribution in [0.25, 0.3) is 0 Å². The zero-order valence-electron chi connectivity index (χ0n) is 11.7. The van der Waals surface area contributed by atoms with Crippen LogP contribution >= 0.6 is 0 Å². The van der Waals surface area contributed by atoms with Gasteiger partial charge in [0.05, 0.1) is 17.8 Å². The average molecular weight is 252 g/mol. The minimum absolute atomic E-state index is 0.0471. The van der Waals surface area contributed by atoms with Crippen LogP contribution in [0.4, 0.5) is 0 Å². The molecule has 1 heterocycles. The van der Waals surface area contributed by atoms with Gasteiger partial charge in [0, 0.05) is 18.3 Å². The minimum Gasteiger partial charge on any atom is -0.389 e. The molecule has 1 saturated heterocycles. The van der Waals surface area contributed by atoms with E-state index in [9.17, 15) is 9.90 Å². The lowest BCUT2D eigenvalue weighted by molar-refractivity contribution is -0.179. The lowest BCUT2D eigenvalue weighted by Gasteiger charge is -2.57. The molecular formula is C15H24O3. The van der Waals surface area contributed by atoms with E-state index in [2.05, 4.69) is 20.8 Å². The number of rotatable bonds is 1. The van der Waals surface area contributed by atoms with Gasteiger partial charge in [0.15, 0.2) is 0 Å². The normalized spacial score (nSPS) is 56.1. The quantitative estimate of drug-likeness (QED) is 0.729. The first-order valence-electron chi connectivity index (χ1n) is 7.17. The third-order valence-electron chi connectivity index (χ3n) is 6.21. The molecule has 3 heteroatoms. The molecule has 2 saturated carbocycles. The van der Waals surface area contributed by atoms with Crippen LogP contribution in [0.5, 0.6) is 0 Å². The third kappa shape index (κ3) is 1.60. The molecule has 0 radical (unpaired) electrons. The smallest absolute Gasteiger partial charge is 0.136 e. The molecule has 3 nitrogen and oxygen atoms in total. The van der Waals surface area contributed by atoms with Crippen molar-refractivity contribution in [2.24, 2.45) is 17.3 Å². The van der Waals surface area contributed by atoms with Crippen molar-refractivity contribution in [2.45, 2.75) is 64.1 Å². The fourth-order valence-electron chi connectivity index (χ4n) is 4.29. The molecule has 3 aliphatic rings. The SMILES string of the molecule is C[C@@H]1CC(=O)CC2(O)CCC(C3(C)CO3)C[C@@]12C. The summed E-state index contributed by atoms with van der Waals surface area (Å²) in [5.74, 6) is 1.04. The van der Waals surface area contributed by atoms with E-state index in [4.69, 9.17) is 4.74 Å². The Morgan fingerprint density at radius 1 is 1.39 bits per heavy atom. The molecule has 18 heavy (non-hydrogen) atoms. The van der Waals surface area contributed by atoms with Crippen LogP contribution in [0.15, 0.2) is 0 Å². The largest absolute Gasteiger partial charge is 0.389 e. The second kappa shape index (κ2) is 3.57. The molecule has 3 rings (SSSR count). The summed E-state index contributed by atoms with van der Waals surface area (Å²) in [5.41, 5.74) is -0.853. The van der Waals surface area contributed by atoms with Crippen LogP contribution in [0.3, 0.4) is 0 Å². The maximum atomic E-state index is 11.8. The summed E-state index contributed by atoms with van der Waals surface area (Å²) in [6.07, 6.45) is 3.72. The number of Topliss-reactive ketones (excluding diaryl/α,β-unsaturated/α-hetero) is 1. The van der Waals surface area contributed by atoms with Gasteiger partial charge in [-0.15, -0.1) is 0 Å². The van der Waals surface area contributed by atoms with Gasteiger partial charge in [-0.2, -0.15) is 0 Å². The van der Waals surface area contributed by atoms with Gasteiger partial charge in [-0.1, -0.05) is 13.8 Å². The number of ketones is 1. The number of ether oxygens (including phenoxy) is 1. The van der Waals surface area contributed by atoms with E-state index in [0.717, 1.165) is 25.9 Å². The van der Waals surface area contributed by atoms with Crippen molar-refractivity contribution in [3.05, 3.63) is 0 Å². The zero-order valence-corrected chi connectivity index (χ0v) is 11.7. The Labute approximate surface area is 109 Å². The molecule has 0 amide bonds. The van der Waals surface area contributed by atoms with Gasteiger partial charge in [-0.3, -0.25) is 4.79 Å². The Morgan fingerprint density at radius 2 is 2.06 bits per heavy atom. The molecule has 1 aliphatic heterocycles. The molecule has 0 spiro atoms. The van der Waals surface area contributed by atoms with E-state index in [0.29, 0.717) is 18.8 Å². The zero-order chi connectivity index (χ0) is 13.2. The van der Waals surface area contributed by atoms with Gasteiger partial charge in [0.1, 0.15) is 5.78 Å². The van der Waals surface area contributed by atoms with Gasteiger partial charge in [-0.25, -0.2) is 0 Å². The molecule has 0 aromatic rings. The molecule has 3 unspecified atom stereocenters. The summed E-state index contributed by atoms with van der Waals surface area (Å²) in [6, 6.07) is 0. The van der Waals surface area contributed by atoms with E-state index in [-0.39, 0.29) is 22.7 Å². The first-order chi connectivity index (χ1) is 8.29. The highest BCUT2D eigenvalue weighted by molar-refractivity contribution is 5.81. The van der Waals surface area contributed by atoms with E-state index < -0.39 is 5.60 Å². The average Bonchev–Trinajstić information content (AvgIpc) is 3.00. The summed E-state index contributed by atoms with van der Waals surface area (Å²) in [4.78, 5) is 11.8. The van der Waals surface area contributed by atoms with Crippen LogP contribution in [0.1, 0.15) is 52.9 Å². The van der Waals surface area contributed by atoms with Gasteiger partial charge in [-0.05, 0) is 38.0 Å². The second-order valence-corrected chi connectivity index (χ2v) is 7.31. The fraction of sp³-hybridized carbons (Fsp3) is 0.933. The minimum atomic E-state index is -0.774. The van der Waals surface area contributed by atoms with E-state index in [1.54, 1.807) is 0 Å². The number of carbonyl (C=O) groups is 1. The Morgan fingerprint density at radius 3 is 2.67 bits per heavy atom. The van der Waals surface area contributed by atoms with Crippen LogP contribution in [0, 0.1) is 17.3 Å². The molecule has 1 N–H and O–H groups in total. The highest BCUT2D eigenvalue weighted by atomic mass is 16.6. The van der Waals surface area contributed by atoms with Crippen LogP contribution < -0.4 is 0 Å². The lowest BCUT2D eigenvalue weighted by Crippen LogP contribution is -2.59. The van der Waals surface area contributed by atoms with Crippen LogP contribution in [0.2, 0.25) is 0 Å². The van der Waals surface area contributed by atoms with Crippen molar-refractivity contribution in [2.75, 3.05) is 6.61 Å². The summed E-state index contributed by atoms with van der Waals surface area (Å²) in [7, 11) is 0. The monoisotopic (exact) mass is 252 g/mol. The standard InChI is InChI=1S/C15H24O3/c1-10-6-12(16)8-15(17)5-4-11(7-13(10,15)2)14(3)9-18-14/h10-11,17H,4-9H2,1-3H3/t10-,11?,13+,14?,15?/m1/s1. The molecule has 5 atom stereocenters. The number of fused-ring (bicyclic) bond motifs is 1. The Kier molecular flexibility index (Phi) is 2.50. The molecular weight excluding hydrogens is 228 g/mol. The molecule has 0 aromatic heterocycles. The van der Waals surface area contributed by atoms with Crippen molar-refractivity contribution in [1.29, 1.82) is 0 Å². The Balaban J connectivity index is 1.88. The molecule has 3 fully saturated rings. The number of epoxide rings is 1. The van der Waals surface area contributed by atoms with Crippen molar-refractivity contribution in [1.82, 2.24) is 0 Å². The molecule has 2 aliphatic carbocycles. The number of hydrogen-bond acceptors (Lipinski definition) is 3. The highest BCUT2D eigenvalue weighted by Crippen LogP contribution is 2.59. The number of hydrogen-bond donors (Lipinski definition) is 1. The summed E-state index contributed by atoms with van der Waals surface area (Å²) < 4.78 is 5.60. The van der Waals surface area contributed by atoms with Crippen molar-refractivity contribution < 1.29 is 14.6 Å². The first-order valence-corrected chi connectivity index (χ1v) is 7.17. The van der Waals surface area contributed by atoms with Crippen molar-refractivity contribution in [3.63, 3.8) is 0 Å². The van der Waals surface area contributed by atoms with Gasteiger partial charge >= 0.3 is 0 Å². The predicted octanol–water partition coefficient (Wildman–Crippen LogP) is 2.31. The Bertz CT molecular complexity index is 387. The van der Waals surface area contributed by atoms with E-state index in [1.807, 2.05) is 0 Å². The number of aliphatic hydroxyl groups is 1. The van der Waals surface area contributed by atoms with Gasteiger partial charge in [0.2, 0.25) is 0 Å².